The molecule has 0 aliphatic heterocycles. The molecule has 0 heterocycles. The lowest BCUT2D eigenvalue weighted by atomic mass is 10.2. The van der Waals surface area contributed by atoms with E-state index < -0.39 is 0 Å². The van der Waals surface area contributed by atoms with Crippen LogP contribution in [0.1, 0.15) is 11.1 Å². The summed E-state index contributed by atoms with van der Waals surface area (Å²) >= 11 is 15.3. The molecule has 6 heteroatoms. The summed E-state index contributed by atoms with van der Waals surface area (Å²) in [5.74, 6) is 3.09. The van der Waals surface area contributed by atoms with Gasteiger partial charge in [0.05, 0.1) is 5.75 Å². The van der Waals surface area contributed by atoms with Crippen molar-refractivity contribution in [2.75, 3.05) is 18.1 Å². The number of hydrogen-bond acceptors (Lipinski definition) is 3. The molecule has 2 nitrogen and oxygen atoms in total. The fourth-order valence-electron chi connectivity index (χ4n) is 1.95. The van der Waals surface area contributed by atoms with Crippen molar-refractivity contribution in [1.82, 2.24) is 5.32 Å². The van der Waals surface area contributed by atoms with Crippen LogP contribution in [0.25, 0.3) is 0 Å². The molecule has 0 fully saturated rings. The Morgan fingerprint density at radius 3 is 2.46 bits per heavy atom. The zero-order valence-corrected chi connectivity index (χ0v) is 16.3. The highest BCUT2D eigenvalue weighted by Crippen LogP contribution is 2.20. The van der Waals surface area contributed by atoms with E-state index in [2.05, 4.69) is 5.32 Å². The van der Waals surface area contributed by atoms with E-state index in [-0.39, 0.29) is 5.91 Å². The maximum absolute atomic E-state index is 11.8. The minimum atomic E-state index is 0.0687. The standard InChI is InChI=1S/C18H19Cl2NOS2/c19-16-7-5-14(6-8-16)11-23-10-9-21-18(22)13-24-12-15-3-1-2-4-17(15)20/h1-8H,9-13H2,(H,21,22). The molecule has 0 unspecified atom stereocenters. The smallest absolute Gasteiger partial charge is 0.230 e. The lowest BCUT2D eigenvalue weighted by Gasteiger charge is -2.06. The average molecular weight is 400 g/mol. The van der Waals surface area contributed by atoms with Gasteiger partial charge < -0.3 is 5.32 Å². The monoisotopic (exact) mass is 399 g/mol. The summed E-state index contributed by atoms with van der Waals surface area (Å²) in [5.41, 5.74) is 2.31. The van der Waals surface area contributed by atoms with Gasteiger partial charge in [-0.15, -0.1) is 11.8 Å². The van der Waals surface area contributed by atoms with E-state index in [1.54, 1.807) is 23.5 Å². The van der Waals surface area contributed by atoms with Crippen molar-refractivity contribution in [3.8, 4) is 0 Å². The second-order valence-electron chi connectivity index (χ2n) is 5.11. The van der Waals surface area contributed by atoms with Gasteiger partial charge >= 0.3 is 0 Å². The van der Waals surface area contributed by atoms with Crippen molar-refractivity contribution < 1.29 is 4.79 Å². The molecule has 24 heavy (non-hydrogen) atoms. The summed E-state index contributed by atoms with van der Waals surface area (Å²) in [6, 6.07) is 15.6. The molecule has 0 aromatic heterocycles. The van der Waals surface area contributed by atoms with Crippen molar-refractivity contribution in [2.24, 2.45) is 0 Å². The quantitative estimate of drug-likeness (QED) is 0.581. The summed E-state index contributed by atoms with van der Waals surface area (Å²) < 4.78 is 0. The van der Waals surface area contributed by atoms with Crippen molar-refractivity contribution in [3.63, 3.8) is 0 Å². The van der Waals surface area contributed by atoms with Crippen molar-refractivity contribution in [3.05, 3.63) is 69.7 Å². The van der Waals surface area contributed by atoms with Crippen LogP contribution in [0.3, 0.4) is 0 Å². The largest absolute Gasteiger partial charge is 0.355 e. The fraction of sp³-hybridized carbons (Fsp3) is 0.278. The molecule has 0 bridgehead atoms. The second-order valence-corrected chi connectivity index (χ2v) is 8.05. The van der Waals surface area contributed by atoms with Crippen molar-refractivity contribution in [1.29, 1.82) is 0 Å². The predicted molar refractivity (Wildman–Crippen MR) is 108 cm³/mol. The Balaban J connectivity index is 1.53. The van der Waals surface area contributed by atoms with Gasteiger partial charge in [0.25, 0.3) is 0 Å². The molecule has 2 aromatic carbocycles. The third-order valence-electron chi connectivity index (χ3n) is 3.20. The summed E-state index contributed by atoms with van der Waals surface area (Å²) in [5, 5.41) is 4.45. The molecular weight excluding hydrogens is 381 g/mol. The third-order valence-corrected chi connectivity index (χ3v) is 5.83. The third kappa shape index (κ3) is 7.39. The zero-order valence-electron chi connectivity index (χ0n) is 13.1. The SMILES string of the molecule is O=C(CSCc1ccccc1Cl)NCCSCc1ccc(Cl)cc1. The van der Waals surface area contributed by atoms with Gasteiger partial charge in [0.1, 0.15) is 0 Å². The van der Waals surface area contributed by atoms with E-state index in [0.29, 0.717) is 12.3 Å². The van der Waals surface area contributed by atoms with Gasteiger partial charge in [-0.2, -0.15) is 11.8 Å². The van der Waals surface area contributed by atoms with E-state index in [9.17, 15) is 4.79 Å². The van der Waals surface area contributed by atoms with Crippen LogP contribution in [-0.4, -0.2) is 24.0 Å². The van der Waals surface area contributed by atoms with Crippen molar-refractivity contribution in [2.45, 2.75) is 11.5 Å². The van der Waals surface area contributed by atoms with Gasteiger partial charge in [-0.25, -0.2) is 0 Å². The van der Waals surface area contributed by atoms with E-state index in [0.717, 1.165) is 32.9 Å². The Labute approximate surface area is 161 Å². The molecule has 0 saturated carbocycles. The number of amides is 1. The molecule has 1 N–H and O–H groups in total. The van der Waals surface area contributed by atoms with Gasteiger partial charge in [-0.05, 0) is 29.3 Å². The normalized spacial score (nSPS) is 10.6. The highest BCUT2D eigenvalue weighted by atomic mass is 35.5. The molecule has 2 aromatic rings. The van der Waals surface area contributed by atoms with Gasteiger partial charge in [-0.3, -0.25) is 4.79 Å². The topological polar surface area (TPSA) is 29.1 Å². The molecule has 128 valence electrons. The predicted octanol–water partition coefficient (Wildman–Crippen LogP) is 5.28. The first-order valence-electron chi connectivity index (χ1n) is 7.55. The molecular formula is C18H19Cl2NOS2. The number of hydrogen-bond donors (Lipinski definition) is 1. The van der Waals surface area contributed by atoms with Crippen LogP contribution in [0.2, 0.25) is 10.0 Å². The molecule has 0 aliphatic carbocycles. The number of benzene rings is 2. The van der Waals surface area contributed by atoms with E-state index >= 15 is 0 Å². The molecule has 2 rings (SSSR count). The number of rotatable bonds is 9. The summed E-state index contributed by atoms with van der Waals surface area (Å²) in [6.07, 6.45) is 0. The van der Waals surface area contributed by atoms with Crippen LogP contribution in [0, 0.1) is 0 Å². The van der Waals surface area contributed by atoms with Crippen molar-refractivity contribution >= 4 is 52.6 Å². The summed E-state index contributed by atoms with van der Waals surface area (Å²) in [7, 11) is 0. The highest BCUT2D eigenvalue weighted by Gasteiger charge is 2.03. The zero-order chi connectivity index (χ0) is 17.2. The first kappa shape index (κ1) is 19.5. The van der Waals surface area contributed by atoms with E-state index in [1.807, 2.05) is 48.5 Å². The minimum absolute atomic E-state index is 0.0687. The fourth-order valence-corrected chi connectivity index (χ4v) is 4.04. The maximum Gasteiger partial charge on any atom is 0.230 e. The van der Waals surface area contributed by atoms with Crippen LogP contribution in [-0.2, 0) is 16.3 Å². The van der Waals surface area contributed by atoms with Gasteiger partial charge in [-0.1, -0.05) is 53.5 Å². The average Bonchev–Trinajstić information content (AvgIpc) is 2.58. The number of halogens is 2. The van der Waals surface area contributed by atoms with Crippen LogP contribution in [0.4, 0.5) is 0 Å². The highest BCUT2D eigenvalue weighted by molar-refractivity contribution is 7.99. The van der Waals surface area contributed by atoms with E-state index in [4.69, 9.17) is 23.2 Å². The Morgan fingerprint density at radius 1 is 0.958 bits per heavy atom. The van der Waals surface area contributed by atoms with E-state index in [1.165, 1.54) is 5.56 Å². The molecule has 1 amide bonds. The second kappa shape index (κ2) is 10.9. The summed E-state index contributed by atoms with van der Waals surface area (Å²) in [4.78, 5) is 11.8. The Bertz CT molecular complexity index is 650. The lowest BCUT2D eigenvalue weighted by Crippen LogP contribution is -2.27. The first-order valence-corrected chi connectivity index (χ1v) is 10.6. The molecule has 0 aliphatic rings. The van der Waals surface area contributed by atoms with Crippen LogP contribution in [0.15, 0.2) is 48.5 Å². The maximum atomic E-state index is 11.8. The molecule has 0 saturated heterocycles. The van der Waals surface area contributed by atoms with Gasteiger partial charge in [0.2, 0.25) is 5.91 Å². The van der Waals surface area contributed by atoms with Gasteiger partial charge in [0.15, 0.2) is 0 Å². The number of carbonyl (C=O) groups is 1. The lowest BCUT2D eigenvalue weighted by molar-refractivity contribution is -0.118. The number of thioether (sulfide) groups is 2. The number of carbonyl (C=O) groups excluding carboxylic acids is 1. The summed E-state index contributed by atoms with van der Waals surface area (Å²) in [6.45, 7) is 0.684. The Kier molecular flexibility index (Phi) is 8.89. The van der Waals surface area contributed by atoms with Crippen LogP contribution in [0.5, 0.6) is 0 Å². The molecule has 0 atom stereocenters. The van der Waals surface area contributed by atoms with Crippen LogP contribution < -0.4 is 5.32 Å². The van der Waals surface area contributed by atoms with Gasteiger partial charge in [0, 0.05) is 33.8 Å². The minimum Gasteiger partial charge on any atom is -0.355 e. The van der Waals surface area contributed by atoms with Crippen LogP contribution >= 0.6 is 46.7 Å². The Hall–Kier alpha value is -0.810. The Morgan fingerprint density at radius 2 is 1.71 bits per heavy atom. The number of nitrogens with one attached hydrogen (secondary N) is 1. The molecule has 0 radical (unpaired) electrons. The first-order chi connectivity index (χ1) is 11.6. The molecule has 0 spiro atoms.